The molecular weight excluding hydrogens is 240 g/mol. The van der Waals surface area contributed by atoms with Gasteiger partial charge in [0.05, 0.1) is 6.54 Å². The minimum Gasteiger partial charge on any atom is -0.347 e. The molecule has 5 nitrogen and oxygen atoms in total. The largest absolute Gasteiger partial charge is 0.347 e. The van der Waals surface area contributed by atoms with Gasteiger partial charge in [0.15, 0.2) is 0 Å². The molecule has 94 valence electrons. The Bertz CT molecular complexity index is 383. The third-order valence-corrected chi connectivity index (χ3v) is 2.44. The maximum absolute atomic E-state index is 11.7. The van der Waals surface area contributed by atoms with Gasteiger partial charge in [0.1, 0.15) is 5.82 Å². The van der Waals surface area contributed by atoms with Crippen LogP contribution in [0.15, 0.2) is 12.3 Å². The fraction of sp³-hybridized carbons (Fsp3) is 0.545. The Hall–Kier alpha value is -1.36. The van der Waals surface area contributed by atoms with E-state index in [1.165, 1.54) is 0 Å². The average molecular weight is 257 g/mol. The SMILES string of the molecule is CCCN(CC(=O)N(C)C)c1ccnc(Cl)n1. The second kappa shape index (κ2) is 6.39. The zero-order valence-corrected chi connectivity index (χ0v) is 11.1. The van der Waals surface area contributed by atoms with Gasteiger partial charge in [-0.3, -0.25) is 4.79 Å². The van der Waals surface area contributed by atoms with Gasteiger partial charge in [0, 0.05) is 26.8 Å². The number of hydrogen-bond donors (Lipinski definition) is 0. The first kappa shape index (κ1) is 13.7. The molecule has 1 aromatic rings. The van der Waals surface area contributed by atoms with Crippen molar-refractivity contribution < 1.29 is 4.79 Å². The number of carbonyl (C=O) groups is 1. The van der Waals surface area contributed by atoms with Crippen LogP contribution in [0.1, 0.15) is 13.3 Å². The summed E-state index contributed by atoms with van der Waals surface area (Å²) in [6.45, 7) is 3.11. The van der Waals surface area contributed by atoms with Crippen molar-refractivity contribution in [1.82, 2.24) is 14.9 Å². The Labute approximate surface area is 106 Å². The molecule has 17 heavy (non-hydrogen) atoms. The summed E-state index contributed by atoms with van der Waals surface area (Å²) >= 11 is 5.74. The van der Waals surface area contributed by atoms with Crippen molar-refractivity contribution in [2.45, 2.75) is 13.3 Å². The number of amides is 1. The molecule has 0 saturated heterocycles. The minimum atomic E-state index is 0.0354. The van der Waals surface area contributed by atoms with Crippen molar-refractivity contribution >= 4 is 23.3 Å². The highest BCUT2D eigenvalue weighted by molar-refractivity contribution is 6.28. The van der Waals surface area contributed by atoms with Crippen molar-refractivity contribution in [1.29, 1.82) is 0 Å². The van der Waals surface area contributed by atoms with Crippen molar-refractivity contribution in [3.8, 4) is 0 Å². The average Bonchev–Trinajstić information content (AvgIpc) is 2.28. The third kappa shape index (κ3) is 4.19. The Kier molecular flexibility index (Phi) is 5.15. The minimum absolute atomic E-state index is 0.0354. The first-order valence-electron chi connectivity index (χ1n) is 5.48. The Morgan fingerprint density at radius 3 is 2.71 bits per heavy atom. The van der Waals surface area contributed by atoms with Crippen LogP contribution in [0.5, 0.6) is 0 Å². The van der Waals surface area contributed by atoms with Crippen LogP contribution in [0.4, 0.5) is 5.82 Å². The lowest BCUT2D eigenvalue weighted by molar-refractivity contribution is -0.127. The number of rotatable bonds is 5. The van der Waals surface area contributed by atoms with Gasteiger partial charge in [-0.05, 0) is 24.1 Å². The molecule has 0 bridgehead atoms. The van der Waals surface area contributed by atoms with E-state index in [0.717, 1.165) is 13.0 Å². The number of aromatic nitrogens is 2. The van der Waals surface area contributed by atoms with Gasteiger partial charge >= 0.3 is 0 Å². The molecule has 0 aromatic carbocycles. The van der Waals surface area contributed by atoms with Gasteiger partial charge in [-0.2, -0.15) is 0 Å². The normalized spacial score (nSPS) is 10.1. The van der Waals surface area contributed by atoms with Crippen LogP contribution in [0.3, 0.4) is 0 Å². The number of hydrogen-bond acceptors (Lipinski definition) is 4. The molecule has 0 aliphatic rings. The van der Waals surface area contributed by atoms with Crippen LogP contribution in [-0.4, -0.2) is 48.0 Å². The van der Waals surface area contributed by atoms with Gasteiger partial charge in [-0.25, -0.2) is 9.97 Å². The first-order valence-corrected chi connectivity index (χ1v) is 5.86. The summed E-state index contributed by atoms with van der Waals surface area (Å²) in [6, 6.07) is 1.75. The molecule has 0 unspecified atom stereocenters. The summed E-state index contributed by atoms with van der Waals surface area (Å²) in [5.41, 5.74) is 0. The van der Waals surface area contributed by atoms with Gasteiger partial charge in [0.25, 0.3) is 0 Å². The highest BCUT2D eigenvalue weighted by Gasteiger charge is 2.13. The van der Waals surface area contributed by atoms with Crippen molar-refractivity contribution in [3.05, 3.63) is 17.5 Å². The molecule has 0 aliphatic carbocycles. The van der Waals surface area contributed by atoms with Crippen molar-refractivity contribution in [3.63, 3.8) is 0 Å². The molecule has 1 amide bonds. The van der Waals surface area contributed by atoms with E-state index < -0.39 is 0 Å². The number of halogens is 1. The lowest BCUT2D eigenvalue weighted by atomic mass is 10.3. The van der Waals surface area contributed by atoms with E-state index in [0.29, 0.717) is 12.4 Å². The van der Waals surface area contributed by atoms with E-state index in [2.05, 4.69) is 16.9 Å². The fourth-order valence-electron chi connectivity index (χ4n) is 1.35. The second-order valence-corrected chi connectivity index (χ2v) is 4.23. The Balaban J connectivity index is 2.82. The molecule has 0 saturated carbocycles. The van der Waals surface area contributed by atoms with Crippen LogP contribution in [0, 0.1) is 0 Å². The fourth-order valence-corrected chi connectivity index (χ4v) is 1.49. The lowest BCUT2D eigenvalue weighted by Crippen LogP contribution is -2.37. The lowest BCUT2D eigenvalue weighted by Gasteiger charge is -2.24. The predicted molar refractivity (Wildman–Crippen MR) is 68.2 cm³/mol. The molecule has 0 spiro atoms. The van der Waals surface area contributed by atoms with Gasteiger partial charge in [0.2, 0.25) is 11.2 Å². The Morgan fingerprint density at radius 2 is 2.18 bits per heavy atom. The zero-order valence-electron chi connectivity index (χ0n) is 10.4. The van der Waals surface area contributed by atoms with Gasteiger partial charge in [-0.1, -0.05) is 6.92 Å². The maximum atomic E-state index is 11.7. The molecule has 0 atom stereocenters. The zero-order chi connectivity index (χ0) is 12.8. The van der Waals surface area contributed by atoms with Crippen LogP contribution < -0.4 is 4.90 Å². The van der Waals surface area contributed by atoms with Gasteiger partial charge < -0.3 is 9.80 Å². The molecule has 1 heterocycles. The number of carbonyl (C=O) groups excluding carboxylic acids is 1. The molecule has 0 aliphatic heterocycles. The van der Waals surface area contributed by atoms with E-state index in [-0.39, 0.29) is 11.2 Å². The molecule has 1 rings (SSSR count). The van der Waals surface area contributed by atoms with Crippen molar-refractivity contribution in [2.75, 3.05) is 32.1 Å². The van der Waals surface area contributed by atoms with E-state index in [9.17, 15) is 4.79 Å². The quantitative estimate of drug-likeness (QED) is 0.748. The number of likely N-dealkylation sites (N-methyl/N-ethyl adjacent to an activating group) is 1. The summed E-state index contributed by atoms with van der Waals surface area (Å²) in [5.74, 6) is 0.718. The monoisotopic (exact) mass is 256 g/mol. The number of anilines is 1. The smallest absolute Gasteiger partial charge is 0.241 e. The van der Waals surface area contributed by atoms with E-state index in [1.807, 2.05) is 4.90 Å². The highest BCUT2D eigenvalue weighted by Crippen LogP contribution is 2.12. The number of nitrogens with zero attached hydrogens (tertiary/aromatic N) is 4. The Morgan fingerprint density at radius 1 is 1.47 bits per heavy atom. The van der Waals surface area contributed by atoms with Crippen LogP contribution in [0.2, 0.25) is 5.28 Å². The molecule has 1 aromatic heterocycles. The van der Waals surface area contributed by atoms with E-state index in [4.69, 9.17) is 11.6 Å². The topological polar surface area (TPSA) is 49.3 Å². The van der Waals surface area contributed by atoms with Crippen LogP contribution in [-0.2, 0) is 4.79 Å². The molecule has 0 radical (unpaired) electrons. The van der Waals surface area contributed by atoms with Crippen LogP contribution in [0.25, 0.3) is 0 Å². The summed E-state index contributed by atoms with van der Waals surface area (Å²) in [6.07, 6.45) is 2.52. The molecule has 0 N–H and O–H groups in total. The summed E-state index contributed by atoms with van der Waals surface area (Å²) in [4.78, 5) is 23.1. The molecule has 6 heteroatoms. The van der Waals surface area contributed by atoms with E-state index >= 15 is 0 Å². The van der Waals surface area contributed by atoms with Gasteiger partial charge in [-0.15, -0.1) is 0 Å². The summed E-state index contributed by atoms with van der Waals surface area (Å²) in [7, 11) is 3.47. The standard InChI is InChI=1S/C11H17ClN4O/c1-4-7-16(8-10(17)15(2)3)9-5-6-13-11(12)14-9/h5-6H,4,7-8H2,1-3H3. The van der Waals surface area contributed by atoms with Crippen molar-refractivity contribution in [2.24, 2.45) is 0 Å². The third-order valence-electron chi connectivity index (χ3n) is 2.25. The molecular formula is C11H17ClN4O. The second-order valence-electron chi connectivity index (χ2n) is 3.89. The maximum Gasteiger partial charge on any atom is 0.241 e. The van der Waals surface area contributed by atoms with E-state index in [1.54, 1.807) is 31.3 Å². The highest BCUT2D eigenvalue weighted by atomic mass is 35.5. The molecule has 0 fully saturated rings. The first-order chi connectivity index (χ1) is 8.04. The van der Waals surface area contributed by atoms with Crippen LogP contribution >= 0.6 is 11.6 Å². The predicted octanol–water partition coefficient (Wildman–Crippen LogP) is 1.43. The summed E-state index contributed by atoms with van der Waals surface area (Å²) in [5, 5.41) is 0.195. The summed E-state index contributed by atoms with van der Waals surface area (Å²) < 4.78 is 0.